The molecule has 118 valence electrons. The molecule has 7 nitrogen and oxygen atoms in total. The van der Waals surface area contributed by atoms with Gasteiger partial charge in [-0.25, -0.2) is 4.79 Å². The second-order valence-electron chi connectivity index (χ2n) is 5.46. The summed E-state index contributed by atoms with van der Waals surface area (Å²) in [7, 11) is 0. The number of nitrogens with one attached hydrogen (secondary N) is 1. The van der Waals surface area contributed by atoms with E-state index in [0.717, 1.165) is 25.0 Å². The first-order valence-electron chi connectivity index (χ1n) is 7.45. The van der Waals surface area contributed by atoms with Gasteiger partial charge in [0.25, 0.3) is 0 Å². The molecule has 3 heterocycles. The quantitative estimate of drug-likeness (QED) is 0.866. The van der Waals surface area contributed by atoms with Crippen molar-refractivity contribution in [1.29, 1.82) is 0 Å². The van der Waals surface area contributed by atoms with Crippen LogP contribution in [0.15, 0.2) is 24.5 Å². The molecule has 1 unspecified atom stereocenters. The van der Waals surface area contributed by atoms with E-state index in [0.29, 0.717) is 13.1 Å². The van der Waals surface area contributed by atoms with E-state index in [1.54, 1.807) is 18.5 Å². The molecule has 2 atom stereocenters. The monoisotopic (exact) mass is 305 g/mol. The summed E-state index contributed by atoms with van der Waals surface area (Å²) in [5.74, 6) is -0.203. The molecular formula is C15H19N3O4. The molecule has 2 saturated heterocycles. The van der Waals surface area contributed by atoms with Crippen LogP contribution in [0.25, 0.3) is 0 Å². The molecule has 2 fully saturated rings. The molecule has 0 bridgehead atoms. The summed E-state index contributed by atoms with van der Waals surface area (Å²) in [6.45, 7) is 1.62. The van der Waals surface area contributed by atoms with Crippen molar-refractivity contribution < 1.29 is 19.1 Å². The number of cyclic esters (lactones) is 1. The maximum Gasteiger partial charge on any atom is 0.410 e. The minimum Gasteiger partial charge on any atom is -0.447 e. The van der Waals surface area contributed by atoms with E-state index in [-0.39, 0.29) is 18.6 Å². The predicted octanol–water partition coefficient (Wildman–Crippen LogP) is 0.698. The van der Waals surface area contributed by atoms with Crippen molar-refractivity contribution in [2.75, 3.05) is 19.8 Å². The van der Waals surface area contributed by atoms with Crippen LogP contribution in [0.1, 0.15) is 18.4 Å². The Bertz CT molecular complexity index is 531. The summed E-state index contributed by atoms with van der Waals surface area (Å²) in [6.07, 6.45) is 4.93. The van der Waals surface area contributed by atoms with Gasteiger partial charge in [-0.15, -0.1) is 0 Å². The van der Waals surface area contributed by atoms with Gasteiger partial charge in [-0.05, 0) is 24.5 Å². The van der Waals surface area contributed by atoms with Gasteiger partial charge in [-0.2, -0.15) is 0 Å². The lowest BCUT2D eigenvalue weighted by atomic mass is 10.2. The molecule has 0 aliphatic carbocycles. The summed E-state index contributed by atoms with van der Waals surface area (Å²) in [5, 5.41) is 2.85. The number of ether oxygens (including phenoxy) is 2. The Morgan fingerprint density at radius 3 is 3.14 bits per heavy atom. The Hall–Kier alpha value is -2.15. The lowest BCUT2D eigenvalue weighted by Crippen LogP contribution is -2.47. The first-order valence-corrected chi connectivity index (χ1v) is 7.45. The Balaban J connectivity index is 1.58. The van der Waals surface area contributed by atoms with Gasteiger partial charge in [0.15, 0.2) is 0 Å². The first kappa shape index (κ1) is 14.8. The molecule has 2 aliphatic rings. The number of rotatable bonds is 5. The van der Waals surface area contributed by atoms with Crippen molar-refractivity contribution in [2.24, 2.45) is 0 Å². The van der Waals surface area contributed by atoms with E-state index < -0.39 is 12.1 Å². The Labute approximate surface area is 128 Å². The molecule has 1 aromatic heterocycles. The van der Waals surface area contributed by atoms with Crippen LogP contribution in [0, 0.1) is 0 Å². The summed E-state index contributed by atoms with van der Waals surface area (Å²) in [4.78, 5) is 29.6. The second kappa shape index (κ2) is 6.74. The number of nitrogens with zero attached hydrogens (tertiary/aromatic N) is 2. The molecule has 1 N–H and O–H groups in total. The van der Waals surface area contributed by atoms with Gasteiger partial charge in [0.1, 0.15) is 12.6 Å². The number of carbonyl (C=O) groups is 2. The number of aromatic nitrogens is 1. The fraction of sp³-hybridized carbons (Fsp3) is 0.533. The van der Waals surface area contributed by atoms with Gasteiger partial charge in [-0.1, -0.05) is 6.07 Å². The predicted molar refractivity (Wildman–Crippen MR) is 76.9 cm³/mol. The second-order valence-corrected chi connectivity index (χ2v) is 5.46. The van der Waals surface area contributed by atoms with Crippen LogP contribution in [0.2, 0.25) is 0 Å². The van der Waals surface area contributed by atoms with Gasteiger partial charge < -0.3 is 14.8 Å². The van der Waals surface area contributed by atoms with Crippen LogP contribution < -0.4 is 5.32 Å². The molecule has 1 aromatic rings. The molecule has 22 heavy (non-hydrogen) atoms. The highest BCUT2D eigenvalue weighted by molar-refractivity contribution is 5.87. The van der Waals surface area contributed by atoms with Gasteiger partial charge >= 0.3 is 6.09 Å². The van der Waals surface area contributed by atoms with Crippen molar-refractivity contribution in [1.82, 2.24) is 15.2 Å². The Kier molecular flexibility index (Phi) is 4.53. The molecule has 3 rings (SSSR count). The van der Waals surface area contributed by atoms with Crippen molar-refractivity contribution in [3.05, 3.63) is 30.1 Å². The highest BCUT2D eigenvalue weighted by Gasteiger charge is 2.38. The molecule has 0 aromatic carbocycles. The van der Waals surface area contributed by atoms with Crippen LogP contribution in [0.3, 0.4) is 0 Å². The average molecular weight is 305 g/mol. The van der Waals surface area contributed by atoms with Crippen LogP contribution in [0.4, 0.5) is 4.79 Å². The number of pyridine rings is 1. The minimum absolute atomic E-state index is 0.0775. The van der Waals surface area contributed by atoms with Gasteiger partial charge in [-0.3, -0.25) is 14.7 Å². The fourth-order valence-corrected chi connectivity index (χ4v) is 2.67. The van der Waals surface area contributed by atoms with E-state index in [1.807, 2.05) is 6.07 Å². The van der Waals surface area contributed by atoms with Crippen LogP contribution in [0.5, 0.6) is 0 Å². The topological polar surface area (TPSA) is 80.8 Å². The normalized spacial score (nSPS) is 24.4. The maximum absolute atomic E-state index is 12.3. The number of hydrogen-bond acceptors (Lipinski definition) is 5. The Morgan fingerprint density at radius 1 is 1.50 bits per heavy atom. The summed E-state index contributed by atoms with van der Waals surface area (Å²) < 4.78 is 10.5. The van der Waals surface area contributed by atoms with E-state index in [4.69, 9.17) is 9.47 Å². The SMILES string of the molecule is O=C(NCC1CCCO1)[C@@H]1COC(=O)N1Cc1cccnc1. The molecule has 0 radical (unpaired) electrons. The third-order valence-corrected chi connectivity index (χ3v) is 3.88. The van der Waals surface area contributed by atoms with Gasteiger partial charge in [0.2, 0.25) is 5.91 Å². The highest BCUT2D eigenvalue weighted by Crippen LogP contribution is 2.17. The number of hydrogen-bond donors (Lipinski definition) is 1. The first-order chi connectivity index (χ1) is 10.7. The zero-order chi connectivity index (χ0) is 15.4. The minimum atomic E-state index is -0.603. The Morgan fingerprint density at radius 2 is 2.41 bits per heavy atom. The molecule has 7 heteroatoms. The lowest BCUT2D eigenvalue weighted by molar-refractivity contribution is -0.125. The largest absolute Gasteiger partial charge is 0.447 e. The summed E-state index contributed by atoms with van der Waals surface area (Å²) >= 11 is 0. The fourth-order valence-electron chi connectivity index (χ4n) is 2.67. The van der Waals surface area contributed by atoms with Crippen molar-refractivity contribution in [3.8, 4) is 0 Å². The molecule has 2 amide bonds. The third-order valence-electron chi connectivity index (χ3n) is 3.88. The van der Waals surface area contributed by atoms with E-state index in [9.17, 15) is 9.59 Å². The summed E-state index contributed by atoms with van der Waals surface area (Å²) in [5.41, 5.74) is 0.860. The third kappa shape index (κ3) is 3.36. The number of carbonyl (C=O) groups excluding carboxylic acids is 2. The van der Waals surface area contributed by atoms with Crippen molar-refractivity contribution >= 4 is 12.0 Å². The van der Waals surface area contributed by atoms with E-state index >= 15 is 0 Å². The van der Waals surface area contributed by atoms with Crippen LogP contribution >= 0.6 is 0 Å². The lowest BCUT2D eigenvalue weighted by Gasteiger charge is -2.21. The molecular weight excluding hydrogens is 286 g/mol. The smallest absolute Gasteiger partial charge is 0.410 e. The zero-order valence-electron chi connectivity index (χ0n) is 12.2. The average Bonchev–Trinajstić information content (AvgIpc) is 3.17. The van der Waals surface area contributed by atoms with E-state index in [2.05, 4.69) is 10.3 Å². The molecule has 0 saturated carbocycles. The molecule has 2 aliphatic heterocycles. The maximum atomic E-state index is 12.3. The van der Waals surface area contributed by atoms with Gasteiger partial charge in [0, 0.05) is 25.5 Å². The van der Waals surface area contributed by atoms with Crippen molar-refractivity contribution in [3.63, 3.8) is 0 Å². The standard InChI is InChI=1S/C15H19N3O4/c19-14(17-8-12-4-2-6-21-12)13-10-22-15(20)18(13)9-11-3-1-5-16-7-11/h1,3,5,7,12-13H,2,4,6,8-10H2,(H,17,19)/t12?,13-/m0/s1. The van der Waals surface area contributed by atoms with E-state index in [1.165, 1.54) is 4.90 Å². The van der Waals surface area contributed by atoms with Crippen LogP contribution in [-0.4, -0.2) is 53.8 Å². The number of amides is 2. The zero-order valence-corrected chi connectivity index (χ0v) is 12.2. The summed E-state index contributed by atoms with van der Waals surface area (Å²) in [6, 6.07) is 3.05. The van der Waals surface area contributed by atoms with Crippen LogP contribution in [-0.2, 0) is 20.8 Å². The van der Waals surface area contributed by atoms with Gasteiger partial charge in [0.05, 0.1) is 12.6 Å². The molecule has 0 spiro atoms. The highest BCUT2D eigenvalue weighted by atomic mass is 16.6. The van der Waals surface area contributed by atoms with Crippen molar-refractivity contribution in [2.45, 2.75) is 31.5 Å².